The highest BCUT2D eigenvalue weighted by Gasteiger charge is 2.44. The fraction of sp³-hybridized carbons (Fsp3) is 0.571. The third-order valence-electron chi connectivity index (χ3n) is 3.61. The van der Waals surface area contributed by atoms with Crippen LogP contribution in [0.3, 0.4) is 0 Å². The van der Waals surface area contributed by atoms with Crippen molar-refractivity contribution in [3.8, 4) is 0 Å². The van der Waals surface area contributed by atoms with Crippen LogP contribution in [-0.2, 0) is 0 Å². The Bertz CT molecular complexity index is 425. The number of rotatable bonds is 4. The summed E-state index contributed by atoms with van der Waals surface area (Å²) in [5, 5.41) is 12.2. The second-order valence-corrected chi connectivity index (χ2v) is 4.96. The van der Waals surface area contributed by atoms with Crippen molar-refractivity contribution in [2.45, 2.75) is 18.9 Å². The summed E-state index contributed by atoms with van der Waals surface area (Å²) in [7, 11) is 0. The van der Waals surface area contributed by atoms with Crippen LogP contribution in [0.4, 0.5) is 8.78 Å². The van der Waals surface area contributed by atoms with Crippen molar-refractivity contribution in [1.82, 2.24) is 10.2 Å². The highest BCUT2D eigenvalue weighted by Crippen LogP contribution is 2.37. The molecule has 0 unspecified atom stereocenters. The van der Waals surface area contributed by atoms with Gasteiger partial charge in [-0.3, -0.25) is 4.90 Å². The SMILES string of the molecule is Cc1ccccc1[C@@H](N1CCNCC1)C(F)(F)CO.Cl. The van der Waals surface area contributed by atoms with Crippen LogP contribution in [0.1, 0.15) is 17.2 Å². The number of benzene rings is 1. The Morgan fingerprint density at radius 1 is 1.30 bits per heavy atom. The third kappa shape index (κ3) is 3.67. The molecule has 0 bridgehead atoms. The molecule has 2 N–H and O–H groups in total. The minimum absolute atomic E-state index is 0. The number of piperazine rings is 1. The largest absolute Gasteiger partial charge is 0.390 e. The van der Waals surface area contributed by atoms with E-state index in [0.29, 0.717) is 31.7 Å². The van der Waals surface area contributed by atoms with E-state index in [9.17, 15) is 8.78 Å². The zero-order valence-corrected chi connectivity index (χ0v) is 12.3. The number of nitrogens with zero attached hydrogens (tertiary/aromatic N) is 1. The highest BCUT2D eigenvalue weighted by atomic mass is 35.5. The van der Waals surface area contributed by atoms with Gasteiger partial charge in [0, 0.05) is 26.2 Å². The van der Waals surface area contributed by atoms with Crippen molar-refractivity contribution < 1.29 is 13.9 Å². The Kier molecular flexibility index (Phi) is 6.33. The van der Waals surface area contributed by atoms with Crippen molar-refractivity contribution >= 4 is 12.4 Å². The molecule has 2 rings (SSSR count). The number of alkyl halides is 2. The lowest BCUT2D eigenvalue weighted by Crippen LogP contribution is -2.51. The van der Waals surface area contributed by atoms with E-state index in [0.717, 1.165) is 5.56 Å². The molecule has 0 aliphatic carbocycles. The van der Waals surface area contributed by atoms with Gasteiger partial charge in [0.15, 0.2) is 0 Å². The van der Waals surface area contributed by atoms with Gasteiger partial charge in [0.1, 0.15) is 12.6 Å². The second kappa shape index (κ2) is 7.31. The fourth-order valence-corrected chi connectivity index (χ4v) is 2.61. The fourth-order valence-electron chi connectivity index (χ4n) is 2.61. The molecule has 0 aromatic heterocycles. The van der Waals surface area contributed by atoms with Crippen molar-refractivity contribution in [2.75, 3.05) is 32.8 Å². The smallest absolute Gasteiger partial charge is 0.289 e. The number of aliphatic hydroxyl groups is 1. The van der Waals surface area contributed by atoms with E-state index < -0.39 is 18.6 Å². The molecule has 0 amide bonds. The number of hydrogen-bond donors (Lipinski definition) is 2. The van der Waals surface area contributed by atoms with Crippen LogP contribution in [-0.4, -0.2) is 48.7 Å². The molecule has 1 saturated heterocycles. The summed E-state index contributed by atoms with van der Waals surface area (Å²) in [6.07, 6.45) is 0. The average molecular weight is 307 g/mol. The summed E-state index contributed by atoms with van der Waals surface area (Å²) in [6, 6.07) is 6.11. The topological polar surface area (TPSA) is 35.5 Å². The molecule has 0 spiro atoms. The van der Waals surface area contributed by atoms with Gasteiger partial charge in [-0.05, 0) is 18.1 Å². The van der Waals surface area contributed by atoms with Gasteiger partial charge in [-0.1, -0.05) is 24.3 Å². The third-order valence-corrected chi connectivity index (χ3v) is 3.61. The maximum Gasteiger partial charge on any atom is 0.289 e. The molecule has 1 atom stereocenters. The molecule has 1 heterocycles. The molecule has 1 fully saturated rings. The maximum absolute atomic E-state index is 14.2. The molecule has 20 heavy (non-hydrogen) atoms. The van der Waals surface area contributed by atoms with Gasteiger partial charge < -0.3 is 10.4 Å². The summed E-state index contributed by atoms with van der Waals surface area (Å²) in [5.74, 6) is -3.14. The molecule has 3 nitrogen and oxygen atoms in total. The summed E-state index contributed by atoms with van der Waals surface area (Å²) in [5.41, 5.74) is 1.43. The number of aliphatic hydroxyl groups excluding tert-OH is 1. The predicted octanol–water partition coefficient (Wildman–Crippen LogP) is 1.99. The Hall–Kier alpha value is -0.750. The van der Waals surface area contributed by atoms with Crippen LogP contribution in [0, 0.1) is 6.92 Å². The van der Waals surface area contributed by atoms with Crippen LogP contribution >= 0.6 is 12.4 Å². The van der Waals surface area contributed by atoms with Crippen LogP contribution in [0.5, 0.6) is 0 Å². The lowest BCUT2D eigenvalue weighted by Gasteiger charge is -2.39. The van der Waals surface area contributed by atoms with Gasteiger partial charge >= 0.3 is 0 Å². The first-order chi connectivity index (χ1) is 9.06. The summed E-state index contributed by atoms with van der Waals surface area (Å²) in [4.78, 5) is 1.76. The van der Waals surface area contributed by atoms with E-state index >= 15 is 0 Å². The Labute approximate surface area is 124 Å². The Balaban J connectivity index is 0.00000200. The minimum atomic E-state index is -3.14. The van der Waals surface area contributed by atoms with E-state index in [2.05, 4.69) is 5.32 Å². The minimum Gasteiger partial charge on any atom is -0.390 e. The average Bonchev–Trinajstić information content (AvgIpc) is 2.42. The van der Waals surface area contributed by atoms with E-state index in [4.69, 9.17) is 5.11 Å². The molecule has 0 saturated carbocycles. The molecule has 1 aliphatic rings. The molecule has 6 heteroatoms. The molecule has 114 valence electrons. The molecule has 1 aromatic rings. The van der Waals surface area contributed by atoms with Crippen molar-refractivity contribution in [3.63, 3.8) is 0 Å². The molecule has 1 aromatic carbocycles. The molecule has 1 aliphatic heterocycles. The summed E-state index contributed by atoms with van der Waals surface area (Å²) < 4.78 is 28.3. The first-order valence-electron chi connectivity index (χ1n) is 6.55. The number of aryl methyl sites for hydroxylation is 1. The second-order valence-electron chi connectivity index (χ2n) is 4.96. The van der Waals surface area contributed by atoms with E-state index in [-0.39, 0.29) is 12.4 Å². The van der Waals surface area contributed by atoms with Gasteiger partial charge in [0.2, 0.25) is 0 Å². The zero-order valence-electron chi connectivity index (χ0n) is 11.5. The first-order valence-corrected chi connectivity index (χ1v) is 6.55. The summed E-state index contributed by atoms with van der Waals surface area (Å²) >= 11 is 0. The maximum atomic E-state index is 14.2. The number of nitrogens with one attached hydrogen (secondary N) is 1. The Morgan fingerprint density at radius 2 is 1.90 bits per heavy atom. The van der Waals surface area contributed by atoms with E-state index in [1.165, 1.54) is 0 Å². The van der Waals surface area contributed by atoms with Crippen LogP contribution in [0.15, 0.2) is 24.3 Å². The molecule has 0 radical (unpaired) electrons. The molecular weight excluding hydrogens is 286 g/mol. The highest BCUT2D eigenvalue weighted by molar-refractivity contribution is 5.85. The van der Waals surface area contributed by atoms with Crippen molar-refractivity contribution in [2.24, 2.45) is 0 Å². The first kappa shape index (κ1) is 17.3. The Morgan fingerprint density at radius 3 is 2.45 bits per heavy atom. The van der Waals surface area contributed by atoms with Gasteiger partial charge in [-0.25, -0.2) is 8.78 Å². The quantitative estimate of drug-likeness (QED) is 0.893. The zero-order chi connectivity index (χ0) is 13.9. The normalized spacial score (nSPS) is 18.4. The van der Waals surface area contributed by atoms with Crippen molar-refractivity contribution in [3.05, 3.63) is 35.4 Å². The predicted molar refractivity (Wildman–Crippen MR) is 77.6 cm³/mol. The standard InChI is InChI=1S/C14H20F2N2O.ClH/c1-11-4-2-3-5-12(11)13(14(15,16)10-19)18-8-6-17-7-9-18;/h2-5,13,17,19H,6-10H2,1H3;1H/t13-;/m1./s1. The van der Waals surface area contributed by atoms with Gasteiger partial charge in [0.25, 0.3) is 5.92 Å². The number of halogens is 3. The summed E-state index contributed by atoms with van der Waals surface area (Å²) in [6.45, 7) is 3.23. The van der Waals surface area contributed by atoms with E-state index in [1.54, 1.807) is 17.0 Å². The van der Waals surface area contributed by atoms with Crippen LogP contribution in [0.25, 0.3) is 0 Å². The number of hydrogen-bond acceptors (Lipinski definition) is 3. The lowest BCUT2D eigenvalue weighted by atomic mass is 9.94. The monoisotopic (exact) mass is 306 g/mol. The van der Waals surface area contributed by atoms with E-state index in [1.807, 2.05) is 19.1 Å². The van der Waals surface area contributed by atoms with Crippen LogP contribution in [0.2, 0.25) is 0 Å². The van der Waals surface area contributed by atoms with Crippen molar-refractivity contribution in [1.29, 1.82) is 0 Å². The molecular formula is C14H21ClF2N2O. The lowest BCUT2D eigenvalue weighted by molar-refractivity contribution is -0.118. The van der Waals surface area contributed by atoms with Gasteiger partial charge in [0.05, 0.1) is 0 Å². The van der Waals surface area contributed by atoms with Gasteiger partial charge in [-0.2, -0.15) is 0 Å². The van der Waals surface area contributed by atoms with Crippen LogP contribution < -0.4 is 5.32 Å². The van der Waals surface area contributed by atoms with Gasteiger partial charge in [-0.15, -0.1) is 12.4 Å².